The van der Waals surface area contributed by atoms with Crippen LogP contribution in [0.3, 0.4) is 0 Å². The van der Waals surface area contributed by atoms with Gasteiger partial charge >= 0.3 is 0 Å². The molecule has 0 bridgehead atoms. The minimum atomic E-state index is -0.803. The van der Waals surface area contributed by atoms with Gasteiger partial charge in [-0.25, -0.2) is 4.39 Å². The fourth-order valence-electron chi connectivity index (χ4n) is 2.36. The first-order valence-electron chi connectivity index (χ1n) is 6.43. The Morgan fingerprint density at radius 1 is 1.05 bits per heavy atom. The van der Waals surface area contributed by atoms with Crippen molar-refractivity contribution >= 4 is 0 Å². The maximum atomic E-state index is 12.8. The van der Waals surface area contributed by atoms with E-state index in [9.17, 15) is 14.6 Å². The first-order chi connectivity index (χ1) is 9.13. The normalized spacial score (nSPS) is 10.9. The highest BCUT2D eigenvalue weighted by Gasteiger charge is 2.19. The molecular weight excluding hydrogens is 245 g/mol. The molecule has 1 heterocycles. The van der Waals surface area contributed by atoms with Gasteiger partial charge < -0.3 is 10.2 Å². The van der Waals surface area contributed by atoms with E-state index < -0.39 is 6.67 Å². The number of benzene rings is 1. The van der Waals surface area contributed by atoms with Crippen molar-refractivity contribution in [3.63, 3.8) is 0 Å². The Morgan fingerprint density at radius 3 is 2.05 bits per heavy atom. The number of aromatic hydroxyl groups is 2. The van der Waals surface area contributed by atoms with Crippen LogP contribution in [0.4, 0.5) is 4.39 Å². The Morgan fingerprint density at radius 2 is 1.63 bits per heavy atom. The molecule has 3 nitrogen and oxygen atoms in total. The SMILES string of the molecule is CCc1cccc(CC)c1-n1c(O)cc(CF)c1O. The molecule has 2 N–H and O–H groups in total. The summed E-state index contributed by atoms with van der Waals surface area (Å²) in [4.78, 5) is 0. The van der Waals surface area contributed by atoms with E-state index in [1.807, 2.05) is 32.0 Å². The second-order valence-electron chi connectivity index (χ2n) is 4.45. The lowest BCUT2D eigenvalue weighted by Crippen LogP contribution is -2.03. The molecule has 0 unspecified atom stereocenters. The van der Waals surface area contributed by atoms with Crippen molar-refractivity contribution in [2.75, 3.05) is 0 Å². The van der Waals surface area contributed by atoms with Gasteiger partial charge in [0.1, 0.15) is 6.67 Å². The standard InChI is InChI=1S/C15H18FNO2/c1-3-10-6-5-7-11(4-2)14(10)17-13(18)8-12(9-16)15(17)19/h5-8,18-19H,3-4,9H2,1-2H3. The number of para-hydroxylation sites is 1. The Kier molecular flexibility index (Phi) is 3.79. The highest BCUT2D eigenvalue weighted by atomic mass is 19.1. The molecule has 4 heteroatoms. The molecule has 0 aliphatic carbocycles. The highest BCUT2D eigenvalue weighted by Crippen LogP contribution is 2.35. The van der Waals surface area contributed by atoms with Crippen molar-refractivity contribution in [3.8, 4) is 17.4 Å². The van der Waals surface area contributed by atoms with Gasteiger partial charge in [0, 0.05) is 11.6 Å². The van der Waals surface area contributed by atoms with Crippen LogP contribution in [0.1, 0.15) is 30.5 Å². The van der Waals surface area contributed by atoms with Gasteiger partial charge in [-0.3, -0.25) is 4.57 Å². The first-order valence-corrected chi connectivity index (χ1v) is 6.43. The van der Waals surface area contributed by atoms with E-state index in [-0.39, 0.29) is 17.3 Å². The van der Waals surface area contributed by atoms with Gasteiger partial charge in [-0.2, -0.15) is 0 Å². The summed E-state index contributed by atoms with van der Waals surface area (Å²) in [5.74, 6) is -0.364. The fourth-order valence-corrected chi connectivity index (χ4v) is 2.36. The van der Waals surface area contributed by atoms with Gasteiger partial charge in [0.05, 0.1) is 5.69 Å². The van der Waals surface area contributed by atoms with Gasteiger partial charge in [0.25, 0.3) is 0 Å². The van der Waals surface area contributed by atoms with Crippen LogP contribution in [-0.2, 0) is 19.5 Å². The topological polar surface area (TPSA) is 45.4 Å². The molecule has 2 aromatic rings. The number of nitrogens with zero attached hydrogens (tertiary/aromatic N) is 1. The van der Waals surface area contributed by atoms with Crippen molar-refractivity contribution in [1.29, 1.82) is 0 Å². The van der Waals surface area contributed by atoms with Crippen LogP contribution < -0.4 is 0 Å². The molecule has 0 radical (unpaired) electrons. The molecule has 1 aromatic carbocycles. The van der Waals surface area contributed by atoms with E-state index in [1.54, 1.807) is 0 Å². The van der Waals surface area contributed by atoms with Crippen LogP contribution in [0.15, 0.2) is 24.3 Å². The van der Waals surface area contributed by atoms with E-state index >= 15 is 0 Å². The Labute approximate surface area is 111 Å². The highest BCUT2D eigenvalue weighted by molar-refractivity contribution is 5.55. The predicted octanol–water partition coefficient (Wildman–Crippen LogP) is 3.48. The number of halogens is 1. The monoisotopic (exact) mass is 263 g/mol. The molecule has 0 saturated carbocycles. The maximum absolute atomic E-state index is 12.8. The molecule has 0 spiro atoms. The van der Waals surface area contributed by atoms with E-state index in [1.165, 1.54) is 10.6 Å². The van der Waals surface area contributed by atoms with Gasteiger partial charge in [-0.15, -0.1) is 0 Å². The third-order valence-electron chi connectivity index (χ3n) is 3.36. The summed E-state index contributed by atoms with van der Waals surface area (Å²) < 4.78 is 14.1. The van der Waals surface area contributed by atoms with Gasteiger partial charge in [-0.05, 0) is 24.0 Å². The summed E-state index contributed by atoms with van der Waals surface area (Å²) >= 11 is 0. The van der Waals surface area contributed by atoms with Gasteiger partial charge in [0.15, 0.2) is 5.88 Å². The number of aryl methyl sites for hydroxylation is 2. The fraction of sp³-hybridized carbons (Fsp3) is 0.333. The average molecular weight is 263 g/mol. The molecule has 102 valence electrons. The molecule has 1 aromatic heterocycles. The molecule has 0 saturated heterocycles. The molecule has 19 heavy (non-hydrogen) atoms. The van der Waals surface area contributed by atoms with Crippen molar-refractivity contribution in [2.45, 2.75) is 33.4 Å². The largest absolute Gasteiger partial charge is 0.494 e. The van der Waals surface area contributed by atoms with E-state index in [4.69, 9.17) is 0 Å². The lowest BCUT2D eigenvalue weighted by molar-refractivity contribution is 0.392. The molecular formula is C15H18FNO2. The van der Waals surface area contributed by atoms with E-state index in [0.29, 0.717) is 0 Å². The summed E-state index contributed by atoms with van der Waals surface area (Å²) in [5.41, 5.74) is 2.87. The summed E-state index contributed by atoms with van der Waals surface area (Å²) in [6.07, 6.45) is 1.54. The van der Waals surface area contributed by atoms with Crippen molar-refractivity contribution in [2.24, 2.45) is 0 Å². The molecule has 0 atom stereocenters. The van der Waals surface area contributed by atoms with Crippen molar-refractivity contribution in [3.05, 3.63) is 41.0 Å². The minimum absolute atomic E-state index is 0.102. The van der Waals surface area contributed by atoms with Crippen molar-refractivity contribution < 1.29 is 14.6 Å². The third-order valence-corrected chi connectivity index (χ3v) is 3.36. The lowest BCUT2D eigenvalue weighted by Gasteiger charge is -2.16. The quantitative estimate of drug-likeness (QED) is 0.887. The first kappa shape index (κ1) is 13.5. The van der Waals surface area contributed by atoms with Crippen LogP contribution in [0.2, 0.25) is 0 Å². The summed E-state index contributed by atoms with van der Waals surface area (Å²) in [7, 11) is 0. The zero-order chi connectivity index (χ0) is 14.0. The van der Waals surface area contributed by atoms with E-state index in [2.05, 4.69) is 0 Å². The zero-order valence-corrected chi connectivity index (χ0v) is 11.2. The number of hydrogen-bond acceptors (Lipinski definition) is 2. The minimum Gasteiger partial charge on any atom is -0.494 e. The van der Waals surface area contributed by atoms with Crippen molar-refractivity contribution in [1.82, 2.24) is 4.57 Å². The number of rotatable bonds is 4. The summed E-state index contributed by atoms with van der Waals surface area (Å²) in [6, 6.07) is 7.11. The van der Waals surface area contributed by atoms with Crippen LogP contribution in [0, 0.1) is 0 Å². The van der Waals surface area contributed by atoms with Crippen LogP contribution >= 0.6 is 0 Å². The smallest absolute Gasteiger partial charge is 0.204 e. The third kappa shape index (κ3) is 2.18. The van der Waals surface area contributed by atoms with Crippen LogP contribution in [-0.4, -0.2) is 14.8 Å². The zero-order valence-electron chi connectivity index (χ0n) is 11.2. The number of aromatic nitrogens is 1. The second kappa shape index (κ2) is 5.34. The van der Waals surface area contributed by atoms with Crippen LogP contribution in [0.5, 0.6) is 11.8 Å². The number of alkyl halides is 1. The number of hydrogen-bond donors (Lipinski definition) is 2. The molecule has 0 amide bonds. The summed E-state index contributed by atoms with van der Waals surface area (Å²) in [5, 5.41) is 20.0. The molecule has 2 rings (SSSR count). The molecule has 0 aliphatic heterocycles. The molecule has 0 aliphatic rings. The Hall–Kier alpha value is -1.97. The lowest BCUT2D eigenvalue weighted by atomic mass is 10.0. The van der Waals surface area contributed by atoms with Crippen LogP contribution in [0.25, 0.3) is 5.69 Å². The van der Waals surface area contributed by atoms with Gasteiger partial charge in [-0.1, -0.05) is 32.0 Å². The van der Waals surface area contributed by atoms with Gasteiger partial charge in [0.2, 0.25) is 5.88 Å². The Bertz CT molecular complexity index is 568. The average Bonchev–Trinajstić information content (AvgIpc) is 2.72. The van der Waals surface area contributed by atoms with E-state index in [0.717, 1.165) is 29.7 Å². The summed E-state index contributed by atoms with van der Waals surface area (Å²) in [6.45, 7) is 3.21. The second-order valence-corrected chi connectivity index (χ2v) is 4.45. The maximum Gasteiger partial charge on any atom is 0.204 e. The Balaban J connectivity index is 2.74. The predicted molar refractivity (Wildman–Crippen MR) is 72.7 cm³/mol. The molecule has 0 fully saturated rings.